The Bertz CT molecular complexity index is 758. The Balaban J connectivity index is 2.06. The molecule has 0 fully saturated rings. The van der Waals surface area contributed by atoms with Crippen molar-refractivity contribution in [2.75, 3.05) is 0 Å². The molecule has 0 amide bonds. The van der Waals surface area contributed by atoms with E-state index < -0.39 is 0 Å². The number of aryl methyl sites for hydroxylation is 3. The van der Waals surface area contributed by atoms with Gasteiger partial charge in [0.2, 0.25) is 5.78 Å². The Hall–Kier alpha value is -1.87. The standard InChI is InChI=1S/C16H14O2S/c1-9-4-5-13-12(6-9)8-14(18-13)16(17)15-7-10(2)11(3)19-15/h4-8H,1-3H3. The molecular formula is C16H14O2S. The number of hydrogen-bond acceptors (Lipinski definition) is 3. The van der Waals surface area contributed by atoms with E-state index in [4.69, 9.17) is 4.42 Å². The Kier molecular flexibility index (Phi) is 2.79. The number of furan rings is 1. The third-order valence-corrected chi connectivity index (χ3v) is 4.44. The van der Waals surface area contributed by atoms with Gasteiger partial charge in [0.25, 0.3) is 0 Å². The molecule has 0 saturated heterocycles. The van der Waals surface area contributed by atoms with Crippen LogP contribution in [-0.2, 0) is 0 Å². The SMILES string of the molecule is Cc1ccc2oc(C(=O)c3cc(C)c(C)s3)cc2c1. The lowest BCUT2D eigenvalue weighted by Crippen LogP contribution is -1.95. The van der Waals surface area contributed by atoms with E-state index >= 15 is 0 Å². The molecule has 0 radical (unpaired) electrons. The second kappa shape index (κ2) is 4.35. The van der Waals surface area contributed by atoms with Gasteiger partial charge in [-0.1, -0.05) is 11.6 Å². The molecule has 3 heteroatoms. The summed E-state index contributed by atoms with van der Waals surface area (Å²) in [6.45, 7) is 6.07. The predicted molar refractivity (Wildman–Crippen MR) is 78.2 cm³/mol. The fourth-order valence-electron chi connectivity index (χ4n) is 2.08. The monoisotopic (exact) mass is 270 g/mol. The molecule has 0 bridgehead atoms. The number of ketones is 1. The number of benzene rings is 1. The van der Waals surface area contributed by atoms with Gasteiger partial charge in [0, 0.05) is 10.3 Å². The molecule has 0 spiro atoms. The molecule has 0 unspecified atom stereocenters. The molecule has 2 nitrogen and oxygen atoms in total. The van der Waals surface area contributed by atoms with E-state index in [0.29, 0.717) is 5.76 Å². The first-order valence-corrected chi connectivity index (χ1v) is 6.98. The molecule has 0 saturated carbocycles. The lowest BCUT2D eigenvalue weighted by Gasteiger charge is -1.91. The number of fused-ring (bicyclic) bond motifs is 1. The van der Waals surface area contributed by atoms with Crippen molar-refractivity contribution in [2.45, 2.75) is 20.8 Å². The highest BCUT2D eigenvalue weighted by atomic mass is 32.1. The van der Waals surface area contributed by atoms with Crippen LogP contribution in [0.3, 0.4) is 0 Å². The smallest absolute Gasteiger partial charge is 0.238 e. The van der Waals surface area contributed by atoms with Crippen LogP contribution in [0.1, 0.15) is 31.4 Å². The predicted octanol–water partition coefficient (Wildman–Crippen LogP) is 4.65. The maximum atomic E-state index is 12.4. The zero-order valence-corrected chi connectivity index (χ0v) is 11.9. The van der Waals surface area contributed by atoms with Crippen LogP contribution in [0, 0.1) is 20.8 Å². The maximum absolute atomic E-state index is 12.4. The minimum atomic E-state index is -0.0324. The highest BCUT2D eigenvalue weighted by Gasteiger charge is 2.17. The van der Waals surface area contributed by atoms with Gasteiger partial charge in [0.05, 0.1) is 4.88 Å². The van der Waals surface area contributed by atoms with Crippen molar-refractivity contribution in [3.8, 4) is 0 Å². The summed E-state index contributed by atoms with van der Waals surface area (Å²) in [7, 11) is 0. The third kappa shape index (κ3) is 2.10. The van der Waals surface area contributed by atoms with E-state index in [1.54, 1.807) is 0 Å². The first-order valence-electron chi connectivity index (χ1n) is 6.16. The number of carbonyl (C=O) groups is 1. The largest absolute Gasteiger partial charge is 0.453 e. The van der Waals surface area contributed by atoms with E-state index in [1.165, 1.54) is 16.2 Å². The molecule has 3 rings (SSSR count). The fraction of sp³-hybridized carbons (Fsp3) is 0.188. The molecule has 0 N–H and O–H groups in total. The summed E-state index contributed by atoms with van der Waals surface area (Å²) in [5, 5.41) is 0.980. The Morgan fingerprint density at radius 3 is 2.58 bits per heavy atom. The molecule has 2 aromatic heterocycles. The van der Waals surface area contributed by atoms with E-state index in [9.17, 15) is 4.79 Å². The van der Waals surface area contributed by atoms with Crippen LogP contribution in [-0.4, -0.2) is 5.78 Å². The highest BCUT2D eigenvalue weighted by molar-refractivity contribution is 7.14. The van der Waals surface area contributed by atoms with Crippen LogP contribution in [0.5, 0.6) is 0 Å². The van der Waals surface area contributed by atoms with E-state index in [-0.39, 0.29) is 5.78 Å². The van der Waals surface area contributed by atoms with Gasteiger partial charge in [0.15, 0.2) is 5.76 Å². The number of rotatable bonds is 2. The minimum absolute atomic E-state index is 0.0324. The third-order valence-electron chi connectivity index (χ3n) is 3.29. The van der Waals surface area contributed by atoms with E-state index in [0.717, 1.165) is 27.0 Å². The van der Waals surface area contributed by atoms with Crippen molar-refractivity contribution in [3.05, 3.63) is 57.0 Å². The van der Waals surface area contributed by atoms with Crippen LogP contribution < -0.4 is 0 Å². The van der Waals surface area contributed by atoms with Gasteiger partial charge in [0.1, 0.15) is 5.58 Å². The van der Waals surface area contributed by atoms with E-state index in [1.807, 2.05) is 51.1 Å². The van der Waals surface area contributed by atoms with Crippen LogP contribution in [0.15, 0.2) is 34.7 Å². The first-order chi connectivity index (χ1) is 9.04. The molecule has 0 aliphatic rings. The zero-order chi connectivity index (χ0) is 13.6. The van der Waals surface area contributed by atoms with Crippen molar-refractivity contribution in [1.82, 2.24) is 0 Å². The molecule has 3 aromatic rings. The fourth-order valence-corrected chi connectivity index (χ4v) is 3.06. The van der Waals surface area contributed by atoms with Crippen molar-refractivity contribution in [2.24, 2.45) is 0 Å². The van der Waals surface area contributed by atoms with Crippen molar-refractivity contribution >= 4 is 28.1 Å². The topological polar surface area (TPSA) is 30.2 Å². The number of carbonyl (C=O) groups excluding carboxylic acids is 1. The molecule has 2 heterocycles. The Labute approximate surface area is 115 Å². The Morgan fingerprint density at radius 1 is 1.11 bits per heavy atom. The minimum Gasteiger partial charge on any atom is -0.453 e. The lowest BCUT2D eigenvalue weighted by molar-refractivity contribution is 0.101. The number of hydrogen-bond donors (Lipinski definition) is 0. The number of thiophene rings is 1. The first kappa shape index (κ1) is 12.2. The average Bonchev–Trinajstić information content (AvgIpc) is 2.92. The van der Waals surface area contributed by atoms with Gasteiger partial charge in [-0.05, 0) is 50.6 Å². The molecule has 1 aromatic carbocycles. The Morgan fingerprint density at radius 2 is 1.89 bits per heavy atom. The van der Waals surface area contributed by atoms with Gasteiger partial charge in [-0.2, -0.15) is 0 Å². The lowest BCUT2D eigenvalue weighted by atomic mass is 10.1. The van der Waals surface area contributed by atoms with Crippen molar-refractivity contribution in [1.29, 1.82) is 0 Å². The van der Waals surface area contributed by atoms with Gasteiger partial charge in [-0.25, -0.2) is 0 Å². The maximum Gasteiger partial charge on any atom is 0.238 e. The van der Waals surface area contributed by atoms with Gasteiger partial charge < -0.3 is 4.42 Å². The van der Waals surface area contributed by atoms with Crippen molar-refractivity contribution in [3.63, 3.8) is 0 Å². The van der Waals surface area contributed by atoms with Gasteiger partial charge in [-0.3, -0.25) is 4.79 Å². The summed E-state index contributed by atoms with van der Waals surface area (Å²) in [5.41, 5.74) is 3.08. The normalized spacial score (nSPS) is 11.1. The summed E-state index contributed by atoms with van der Waals surface area (Å²) >= 11 is 1.52. The highest BCUT2D eigenvalue weighted by Crippen LogP contribution is 2.27. The van der Waals surface area contributed by atoms with Crippen LogP contribution >= 0.6 is 11.3 Å². The summed E-state index contributed by atoms with van der Waals surface area (Å²) in [6, 6.07) is 9.68. The molecule has 0 aliphatic heterocycles. The summed E-state index contributed by atoms with van der Waals surface area (Å²) < 4.78 is 5.65. The summed E-state index contributed by atoms with van der Waals surface area (Å²) in [4.78, 5) is 14.3. The molecule has 19 heavy (non-hydrogen) atoms. The quantitative estimate of drug-likeness (QED) is 0.634. The second-order valence-corrected chi connectivity index (χ2v) is 6.09. The van der Waals surface area contributed by atoms with Crippen LogP contribution in [0.25, 0.3) is 11.0 Å². The summed E-state index contributed by atoms with van der Waals surface area (Å²) in [5.74, 6) is 0.386. The van der Waals surface area contributed by atoms with Crippen LogP contribution in [0.2, 0.25) is 0 Å². The van der Waals surface area contributed by atoms with Gasteiger partial charge >= 0.3 is 0 Å². The summed E-state index contributed by atoms with van der Waals surface area (Å²) in [6.07, 6.45) is 0. The van der Waals surface area contributed by atoms with Crippen LogP contribution in [0.4, 0.5) is 0 Å². The van der Waals surface area contributed by atoms with Crippen molar-refractivity contribution < 1.29 is 9.21 Å². The molecule has 0 atom stereocenters. The average molecular weight is 270 g/mol. The molecular weight excluding hydrogens is 256 g/mol. The molecule has 0 aliphatic carbocycles. The second-order valence-electron chi connectivity index (χ2n) is 4.83. The van der Waals surface area contributed by atoms with E-state index in [2.05, 4.69) is 0 Å². The zero-order valence-electron chi connectivity index (χ0n) is 11.1. The van der Waals surface area contributed by atoms with Gasteiger partial charge in [-0.15, -0.1) is 11.3 Å². The molecule has 96 valence electrons.